The van der Waals surface area contributed by atoms with Gasteiger partial charge in [-0.25, -0.2) is 13.1 Å². The van der Waals surface area contributed by atoms with Crippen molar-refractivity contribution in [2.75, 3.05) is 33.4 Å². The standard InChI is InChI=1S/C22H28N2O3S/c1-24(2)14-6-9-20-19-8-5-4-7-18(19)16-27-22-11-10-17(15-21(20)22)12-13-23-28(3,25)26/h4-5,7-11,15,23H,6,12-14,16H2,1-3H3/b20-9+. The van der Waals surface area contributed by atoms with Crippen LogP contribution in [0.5, 0.6) is 5.75 Å². The molecule has 150 valence electrons. The third-order valence-electron chi connectivity index (χ3n) is 4.73. The summed E-state index contributed by atoms with van der Waals surface area (Å²) in [6, 6.07) is 14.5. The number of ether oxygens (including phenoxy) is 1. The van der Waals surface area contributed by atoms with Gasteiger partial charge in [-0.05, 0) is 61.3 Å². The fraction of sp³-hybridized carbons (Fsp3) is 0.364. The third-order valence-corrected chi connectivity index (χ3v) is 5.46. The largest absolute Gasteiger partial charge is 0.488 e. The molecule has 0 aromatic heterocycles. The summed E-state index contributed by atoms with van der Waals surface area (Å²) in [5, 5.41) is 0. The van der Waals surface area contributed by atoms with Crippen LogP contribution in [0.15, 0.2) is 48.5 Å². The number of rotatable bonds is 7. The Morgan fingerprint density at radius 2 is 1.93 bits per heavy atom. The number of sulfonamides is 1. The molecule has 0 amide bonds. The normalized spacial score (nSPS) is 15.1. The van der Waals surface area contributed by atoms with Crippen molar-refractivity contribution in [3.63, 3.8) is 0 Å². The molecule has 0 aliphatic carbocycles. The Labute approximate surface area is 168 Å². The maximum atomic E-state index is 11.3. The molecular formula is C22H28N2O3S. The maximum Gasteiger partial charge on any atom is 0.208 e. The molecular weight excluding hydrogens is 372 g/mol. The van der Waals surface area contributed by atoms with Gasteiger partial charge in [-0.2, -0.15) is 0 Å². The smallest absolute Gasteiger partial charge is 0.208 e. The van der Waals surface area contributed by atoms with Crippen molar-refractivity contribution >= 4 is 15.6 Å². The maximum absolute atomic E-state index is 11.3. The molecule has 0 atom stereocenters. The molecule has 2 aromatic rings. The van der Waals surface area contributed by atoms with Crippen molar-refractivity contribution in [1.82, 2.24) is 9.62 Å². The molecule has 0 saturated carbocycles. The van der Waals surface area contributed by atoms with E-state index in [-0.39, 0.29) is 0 Å². The molecule has 1 aliphatic heterocycles. The second kappa shape index (κ2) is 8.90. The van der Waals surface area contributed by atoms with E-state index in [2.05, 4.69) is 54.1 Å². The molecule has 1 aliphatic rings. The van der Waals surface area contributed by atoms with Crippen LogP contribution in [0.3, 0.4) is 0 Å². The van der Waals surface area contributed by atoms with Gasteiger partial charge in [-0.3, -0.25) is 0 Å². The van der Waals surface area contributed by atoms with Gasteiger partial charge in [0.1, 0.15) is 12.4 Å². The quantitative estimate of drug-likeness (QED) is 0.776. The van der Waals surface area contributed by atoms with E-state index in [1.54, 1.807) is 0 Å². The molecule has 0 unspecified atom stereocenters. The first-order valence-corrected chi connectivity index (χ1v) is 11.4. The van der Waals surface area contributed by atoms with Crippen LogP contribution < -0.4 is 9.46 Å². The second-order valence-corrected chi connectivity index (χ2v) is 9.24. The third kappa shape index (κ3) is 5.44. The topological polar surface area (TPSA) is 58.6 Å². The van der Waals surface area contributed by atoms with Crippen LogP contribution >= 0.6 is 0 Å². The van der Waals surface area contributed by atoms with Gasteiger partial charge in [-0.1, -0.05) is 36.4 Å². The zero-order chi connectivity index (χ0) is 20.1. The minimum atomic E-state index is -3.18. The highest BCUT2D eigenvalue weighted by atomic mass is 32.2. The minimum Gasteiger partial charge on any atom is -0.488 e. The summed E-state index contributed by atoms with van der Waals surface area (Å²) in [5.41, 5.74) is 5.71. The summed E-state index contributed by atoms with van der Waals surface area (Å²) < 4.78 is 31.3. The fourth-order valence-corrected chi connectivity index (χ4v) is 3.82. The van der Waals surface area contributed by atoms with E-state index < -0.39 is 10.0 Å². The Balaban J connectivity index is 1.95. The molecule has 0 spiro atoms. The summed E-state index contributed by atoms with van der Waals surface area (Å²) in [6.07, 6.45) is 5.04. The molecule has 6 heteroatoms. The number of nitrogens with one attached hydrogen (secondary N) is 1. The average Bonchev–Trinajstić information content (AvgIpc) is 2.78. The summed E-state index contributed by atoms with van der Waals surface area (Å²) in [4.78, 5) is 2.17. The lowest BCUT2D eigenvalue weighted by atomic mass is 9.92. The van der Waals surface area contributed by atoms with Crippen molar-refractivity contribution < 1.29 is 13.2 Å². The van der Waals surface area contributed by atoms with Gasteiger partial charge in [0.2, 0.25) is 10.0 Å². The van der Waals surface area contributed by atoms with Gasteiger partial charge in [0, 0.05) is 18.7 Å². The SMILES string of the molecule is CN(C)CC/C=C1\c2ccccc2COc2ccc(CCNS(C)(=O)=O)cc21. The van der Waals surface area contributed by atoms with Crippen molar-refractivity contribution in [2.45, 2.75) is 19.4 Å². The Hall–Kier alpha value is -2.15. The Morgan fingerprint density at radius 3 is 2.68 bits per heavy atom. The summed E-state index contributed by atoms with van der Waals surface area (Å²) in [7, 11) is 0.967. The lowest BCUT2D eigenvalue weighted by Gasteiger charge is -2.14. The lowest BCUT2D eigenvalue weighted by Crippen LogP contribution is -2.24. The van der Waals surface area contributed by atoms with E-state index in [9.17, 15) is 8.42 Å². The van der Waals surface area contributed by atoms with Crippen LogP contribution in [-0.4, -0.2) is 46.8 Å². The second-order valence-electron chi connectivity index (χ2n) is 7.40. The van der Waals surface area contributed by atoms with Crippen molar-refractivity contribution in [3.05, 3.63) is 70.8 Å². The molecule has 0 radical (unpaired) electrons. The lowest BCUT2D eigenvalue weighted by molar-refractivity contribution is 0.307. The van der Waals surface area contributed by atoms with Crippen molar-refractivity contribution in [3.8, 4) is 5.75 Å². The molecule has 28 heavy (non-hydrogen) atoms. The Bertz CT molecular complexity index is 965. The van der Waals surface area contributed by atoms with Gasteiger partial charge < -0.3 is 9.64 Å². The highest BCUT2D eigenvalue weighted by Gasteiger charge is 2.19. The predicted octanol–water partition coefficient (Wildman–Crippen LogP) is 3.05. The van der Waals surface area contributed by atoms with Gasteiger partial charge in [-0.15, -0.1) is 0 Å². The molecule has 5 nitrogen and oxygen atoms in total. The van der Waals surface area contributed by atoms with Crippen LogP contribution in [0.2, 0.25) is 0 Å². The number of nitrogens with zero attached hydrogens (tertiary/aromatic N) is 1. The predicted molar refractivity (Wildman–Crippen MR) is 114 cm³/mol. The van der Waals surface area contributed by atoms with E-state index in [1.807, 2.05) is 18.2 Å². The van der Waals surface area contributed by atoms with Crippen LogP contribution in [0.25, 0.3) is 5.57 Å². The summed E-state index contributed by atoms with van der Waals surface area (Å²) >= 11 is 0. The Morgan fingerprint density at radius 1 is 1.14 bits per heavy atom. The monoisotopic (exact) mass is 400 g/mol. The number of hydrogen-bond acceptors (Lipinski definition) is 4. The first kappa shape index (κ1) is 20.6. The molecule has 3 rings (SSSR count). The van der Waals surface area contributed by atoms with E-state index in [4.69, 9.17) is 4.74 Å². The first-order valence-electron chi connectivity index (χ1n) is 9.47. The highest BCUT2D eigenvalue weighted by Crippen LogP contribution is 2.37. The van der Waals surface area contributed by atoms with Crippen molar-refractivity contribution in [2.24, 2.45) is 0 Å². The summed E-state index contributed by atoms with van der Waals surface area (Å²) in [6.45, 7) is 1.90. The van der Waals surface area contributed by atoms with E-state index >= 15 is 0 Å². The zero-order valence-corrected chi connectivity index (χ0v) is 17.6. The minimum absolute atomic E-state index is 0.384. The fourth-order valence-electron chi connectivity index (χ4n) is 3.35. The van der Waals surface area contributed by atoms with Crippen LogP contribution in [0.1, 0.15) is 28.7 Å². The number of hydrogen-bond donors (Lipinski definition) is 1. The Kier molecular flexibility index (Phi) is 6.54. The van der Waals surface area contributed by atoms with Crippen molar-refractivity contribution in [1.29, 1.82) is 0 Å². The highest BCUT2D eigenvalue weighted by molar-refractivity contribution is 7.88. The van der Waals surface area contributed by atoms with Crippen LogP contribution in [0, 0.1) is 0 Å². The zero-order valence-electron chi connectivity index (χ0n) is 16.7. The van der Waals surface area contributed by atoms with E-state index in [0.29, 0.717) is 19.6 Å². The number of fused-ring (bicyclic) bond motifs is 2. The number of benzene rings is 2. The molecule has 2 aromatic carbocycles. The van der Waals surface area contributed by atoms with E-state index in [1.165, 1.54) is 23.0 Å². The van der Waals surface area contributed by atoms with Gasteiger partial charge in [0.25, 0.3) is 0 Å². The van der Waals surface area contributed by atoms with Gasteiger partial charge in [0.05, 0.1) is 6.26 Å². The van der Waals surface area contributed by atoms with Crippen LogP contribution in [0.4, 0.5) is 0 Å². The first-order chi connectivity index (χ1) is 13.3. The summed E-state index contributed by atoms with van der Waals surface area (Å²) in [5.74, 6) is 0.868. The van der Waals surface area contributed by atoms with Crippen LogP contribution in [-0.2, 0) is 23.1 Å². The van der Waals surface area contributed by atoms with Gasteiger partial charge in [0.15, 0.2) is 0 Å². The van der Waals surface area contributed by atoms with Gasteiger partial charge >= 0.3 is 0 Å². The molecule has 0 bridgehead atoms. The molecule has 0 fully saturated rings. The average molecular weight is 401 g/mol. The molecule has 0 saturated heterocycles. The molecule has 1 N–H and O–H groups in total. The molecule has 1 heterocycles. The van der Waals surface area contributed by atoms with E-state index in [0.717, 1.165) is 29.8 Å².